The molecule has 1 aliphatic carbocycles. The summed E-state index contributed by atoms with van der Waals surface area (Å²) in [6.07, 6.45) is 3.82. The highest BCUT2D eigenvalue weighted by Crippen LogP contribution is 2.41. The zero-order chi connectivity index (χ0) is 26.7. The third kappa shape index (κ3) is 7.01. The van der Waals surface area contributed by atoms with Gasteiger partial charge in [-0.3, -0.25) is 4.72 Å². The van der Waals surface area contributed by atoms with Gasteiger partial charge in [0.1, 0.15) is 5.75 Å². The molecule has 0 spiro atoms. The topological polar surface area (TPSA) is 102 Å². The Balaban J connectivity index is 2.13. The maximum absolute atomic E-state index is 13.1. The number of sulfonamides is 1. The van der Waals surface area contributed by atoms with Crippen LogP contribution in [0.4, 0.5) is 5.69 Å². The molecule has 1 atom stereocenters. The number of nitrogens with one attached hydrogen (secondary N) is 1. The number of anilines is 1. The predicted molar refractivity (Wildman–Crippen MR) is 143 cm³/mol. The first kappa shape index (κ1) is 28.0. The van der Waals surface area contributed by atoms with Gasteiger partial charge < -0.3 is 14.6 Å². The van der Waals surface area contributed by atoms with Crippen molar-refractivity contribution in [3.63, 3.8) is 0 Å². The largest absolute Gasteiger partial charge is 0.497 e. The number of hydrogen-bond donors (Lipinski definition) is 2. The maximum Gasteiger partial charge on any atom is 0.337 e. The van der Waals surface area contributed by atoms with Gasteiger partial charge in [0.2, 0.25) is 10.0 Å². The second kappa shape index (κ2) is 11.2. The van der Waals surface area contributed by atoms with Crippen molar-refractivity contribution in [2.75, 3.05) is 17.6 Å². The summed E-state index contributed by atoms with van der Waals surface area (Å²) in [4.78, 5) is 12.5. The molecule has 0 aromatic heterocycles. The lowest BCUT2D eigenvalue weighted by Crippen LogP contribution is -2.29. The highest BCUT2D eigenvalue weighted by Gasteiger charge is 2.33. The Morgan fingerprint density at radius 1 is 1.11 bits per heavy atom. The van der Waals surface area contributed by atoms with Crippen LogP contribution in [0.15, 0.2) is 30.3 Å². The van der Waals surface area contributed by atoms with E-state index in [4.69, 9.17) is 9.47 Å². The predicted octanol–water partition coefficient (Wildman–Crippen LogP) is 6.24. The molecule has 0 aliphatic heterocycles. The van der Waals surface area contributed by atoms with Gasteiger partial charge in [0, 0.05) is 5.56 Å². The third-order valence-electron chi connectivity index (χ3n) is 6.61. The Hall–Kier alpha value is -2.58. The molecule has 1 unspecified atom stereocenters. The van der Waals surface area contributed by atoms with Crippen molar-refractivity contribution < 1.29 is 27.8 Å². The van der Waals surface area contributed by atoms with Gasteiger partial charge in [-0.05, 0) is 93.8 Å². The molecule has 2 aromatic carbocycles. The number of hydrogen-bond acceptors (Lipinski definition) is 5. The quantitative estimate of drug-likeness (QED) is 0.408. The summed E-state index contributed by atoms with van der Waals surface area (Å²) in [5.41, 5.74) is 2.89. The highest BCUT2D eigenvalue weighted by atomic mass is 32.2. The molecular weight excluding hydrogens is 478 g/mol. The average molecular weight is 518 g/mol. The van der Waals surface area contributed by atoms with Crippen molar-refractivity contribution in [3.05, 3.63) is 47.0 Å². The first-order valence-corrected chi connectivity index (χ1v) is 14.2. The molecule has 2 aromatic rings. The number of ether oxygens (including phenoxy) is 2. The van der Waals surface area contributed by atoms with Crippen LogP contribution in [0.25, 0.3) is 11.1 Å². The van der Waals surface area contributed by atoms with Gasteiger partial charge in [-0.1, -0.05) is 31.4 Å². The number of carboxylic acids is 1. The minimum Gasteiger partial charge on any atom is -0.497 e. The lowest BCUT2D eigenvalue weighted by molar-refractivity contribution is -0.160. The fourth-order valence-corrected chi connectivity index (χ4v) is 6.56. The summed E-state index contributed by atoms with van der Waals surface area (Å²) in [6, 6.07) is 9.15. The highest BCUT2D eigenvalue weighted by molar-refractivity contribution is 7.92. The molecule has 1 aliphatic rings. The van der Waals surface area contributed by atoms with Crippen LogP contribution in [0.2, 0.25) is 0 Å². The Bertz CT molecular complexity index is 1180. The van der Waals surface area contributed by atoms with E-state index in [0.29, 0.717) is 28.1 Å². The Kier molecular flexibility index (Phi) is 8.72. The lowest BCUT2D eigenvalue weighted by atomic mass is 9.87. The molecule has 0 bridgehead atoms. The number of carboxylic acid groups (broad SMARTS) is 1. The molecule has 0 saturated heterocycles. The van der Waals surface area contributed by atoms with Gasteiger partial charge in [-0.15, -0.1) is 0 Å². The van der Waals surface area contributed by atoms with E-state index >= 15 is 0 Å². The van der Waals surface area contributed by atoms with Crippen LogP contribution < -0.4 is 9.46 Å². The number of methoxy groups -OCH3 is 1. The monoisotopic (exact) mass is 517 g/mol. The van der Waals surface area contributed by atoms with Crippen LogP contribution in [-0.2, 0) is 19.6 Å². The fraction of sp³-hybridized carbons (Fsp3) is 0.536. The van der Waals surface area contributed by atoms with Crippen molar-refractivity contribution in [2.24, 2.45) is 5.92 Å². The Morgan fingerprint density at radius 2 is 1.72 bits per heavy atom. The molecule has 1 saturated carbocycles. The molecule has 3 rings (SSSR count). The summed E-state index contributed by atoms with van der Waals surface area (Å²) in [7, 11) is -2.03. The smallest absolute Gasteiger partial charge is 0.337 e. The fourth-order valence-electron chi connectivity index (χ4n) is 4.98. The molecule has 36 heavy (non-hydrogen) atoms. The van der Waals surface area contributed by atoms with Crippen LogP contribution >= 0.6 is 0 Å². The lowest BCUT2D eigenvalue weighted by Gasteiger charge is -2.30. The Labute approximate surface area is 215 Å². The molecule has 1 fully saturated rings. The van der Waals surface area contributed by atoms with E-state index in [9.17, 15) is 18.3 Å². The summed E-state index contributed by atoms with van der Waals surface area (Å²) in [5.74, 6) is -0.236. The summed E-state index contributed by atoms with van der Waals surface area (Å²) >= 11 is 0. The van der Waals surface area contributed by atoms with Gasteiger partial charge >= 0.3 is 5.97 Å². The molecule has 198 valence electrons. The molecule has 0 radical (unpaired) electrons. The summed E-state index contributed by atoms with van der Waals surface area (Å²) < 4.78 is 40.3. The van der Waals surface area contributed by atoms with E-state index in [1.807, 2.05) is 31.2 Å². The Morgan fingerprint density at radius 3 is 2.25 bits per heavy atom. The van der Waals surface area contributed by atoms with E-state index < -0.39 is 27.7 Å². The van der Waals surface area contributed by atoms with Gasteiger partial charge in [-0.2, -0.15) is 0 Å². The van der Waals surface area contributed by atoms with Crippen molar-refractivity contribution in [1.29, 1.82) is 0 Å². The molecule has 0 heterocycles. The van der Waals surface area contributed by atoms with E-state index in [-0.39, 0.29) is 11.7 Å². The average Bonchev–Trinajstić information content (AvgIpc) is 2.79. The van der Waals surface area contributed by atoms with Crippen LogP contribution in [0.3, 0.4) is 0 Å². The van der Waals surface area contributed by atoms with Crippen molar-refractivity contribution >= 4 is 21.7 Å². The minimum atomic E-state index is -3.61. The first-order valence-electron chi connectivity index (χ1n) is 12.5. The van der Waals surface area contributed by atoms with Gasteiger partial charge in [0.15, 0.2) is 6.10 Å². The SMILES string of the molecule is COc1ccc(-c2c(C)cc(NS(=O)(=O)CC3CCCCC3)c(C)c2C(OC(C)(C)C)C(=O)O)cc1. The first-order chi connectivity index (χ1) is 16.8. The minimum absolute atomic E-state index is 0.0713. The van der Waals surface area contributed by atoms with Crippen molar-refractivity contribution in [2.45, 2.75) is 78.4 Å². The van der Waals surface area contributed by atoms with Crippen LogP contribution in [0.5, 0.6) is 5.75 Å². The maximum atomic E-state index is 13.1. The van der Waals surface area contributed by atoms with Gasteiger partial charge in [0.25, 0.3) is 0 Å². The van der Waals surface area contributed by atoms with E-state index in [0.717, 1.165) is 43.2 Å². The number of benzene rings is 2. The zero-order valence-electron chi connectivity index (χ0n) is 22.2. The second-order valence-corrected chi connectivity index (χ2v) is 12.5. The summed E-state index contributed by atoms with van der Waals surface area (Å²) in [5, 5.41) is 10.2. The summed E-state index contributed by atoms with van der Waals surface area (Å²) in [6.45, 7) is 9.01. The van der Waals surface area contributed by atoms with E-state index in [1.165, 1.54) is 0 Å². The zero-order valence-corrected chi connectivity index (χ0v) is 23.0. The molecular formula is C28H39NO6S. The van der Waals surface area contributed by atoms with Crippen molar-refractivity contribution in [1.82, 2.24) is 0 Å². The van der Waals surface area contributed by atoms with Crippen LogP contribution in [-0.4, -0.2) is 38.0 Å². The number of aryl methyl sites for hydroxylation is 1. The molecule has 2 N–H and O–H groups in total. The number of rotatable bonds is 9. The van der Waals surface area contributed by atoms with Crippen LogP contribution in [0, 0.1) is 19.8 Å². The molecule has 8 heteroatoms. The molecule has 0 amide bonds. The second-order valence-electron chi connectivity index (χ2n) is 10.7. The molecule has 7 nitrogen and oxygen atoms in total. The number of carbonyl (C=O) groups is 1. The van der Waals surface area contributed by atoms with Crippen LogP contribution in [0.1, 0.15) is 75.7 Å². The van der Waals surface area contributed by atoms with E-state index in [1.54, 1.807) is 40.9 Å². The van der Waals surface area contributed by atoms with Gasteiger partial charge in [0.05, 0.1) is 24.2 Å². The standard InChI is InChI=1S/C28H39NO6S/c1-18-16-23(29-36(32,33)17-20-10-8-7-9-11-20)19(2)25(26(27(30)31)35-28(3,4)5)24(18)21-12-14-22(34-6)15-13-21/h12-16,20,26,29H,7-11,17H2,1-6H3,(H,30,31). The third-order valence-corrected chi connectivity index (χ3v) is 8.06. The van der Waals surface area contributed by atoms with Crippen molar-refractivity contribution in [3.8, 4) is 16.9 Å². The number of aliphatic carboxylic acids is 1. The van der Waals surface area contributed by atoms with E-state index in [2.05, 4.69) is 4.72 Å². The normalized spacial score (nSPS) is 15.9. The van der Waals surface area contributed by atoms with Gasteiger partial charge in [-0.25, -0.2) is 13.2 Å².